The zero-order chi connectivity index (χ0) is 17.5. The molecular weight excluding hydrogens is 351 g/mol. The summed E-state index contributed by atoms with van der Waals surface area (Å²) >= 11 is 11.6. The lowest BCUT2D eigenvalue weighted by molar-refractivity contribution is -0.145. The van der Waals surface area contributed by atoms with Crippen LogP contribution in [-0.2, 0) is 16.0 Å². The van der Waals surface area contributed by atoms with E-state index in [2.05, 4.69) is 10.3 Å². The van der Waals surface area contributed by atoms with Crippen LogP contribution in [0.1, 0.15) is 22.8 Å². The van der Waals surface area contributed by atoms with Crippen molar-refractivity contribution >= 4 is 35.1 Å². The second-order valence-electron chi connectivity index (χ2n) is 4.96. The number of nitrogens with zero attached hydrogens (tertiary/aromatic N) is 1. The molecule has 1 unspecified atom stereocenters. The largest absolute Gasteiger partial charge is 0.464 e. The molecule has 1 atom stereocenters. The highest BCUT2D eigenvalue weighted by atomic mass is 35.5. The van der Waals surface area contributed by atoms with Crippen LogP contribution in [0.15, 0.2) is 42.6 Å². The van der Waals surface area contributed by atoms with E-state index in [4.69, 9.17) is 27.9 Å². The number of amides is 1. The lowest BCUT2D eigenvalue weighted by Gasteiger charge is -2.17. The van der Waals surface area contributed by atoms with Crippen LogP contribution in [0.5, 0.6) is 0 Å². The molecule has 2 rings (SSSR count). The van der Waals surface area contributed by atoms with Gasteiger partial charge in [-0.1, -0.05) is 53.5 Å². The maximum absolute atomic E-state index is 12.4. The zero-order valence-electron chi connectivity index (χ0n) is 13.0. The molecule has 0 aliphatic rings. The van der Waals surface area contributed by atoms with Crippen LogP contribution >= 0.6 is 23.2 Å². The van der Waals surface area contributed by atoms with Crippen molar-refractivity contribution in [2.75, 3.05) is 6.61 Å². The Kier molecular flexibility index (Phi) is 6.58. The van der Waals surface area contributed by atoms with Crippen LogP contribution in [0.25, 0.3) is 0 Å². The smallest absolute Gasteiger partial charge is 0.328 e. The summed E-state index contributed by atoms with van der Waals surface area (Å²) in [6.07, 6.45) is 1.62. The molecular formula is C17H16Cl2N2O3. The Morgan fingerprint density at radius 3 is 2.58 bits per heavy atom. The van der Waals surface area contributed by atoms with Gasteiger partial charge < -0.3 is 10.1 Å². The Hall–Kier alpha value is -2.11. The number of halogens is 2. The maximum Gasteiger partial charge on any atom is 0.328 e. The van der Waals surface area contributed by atoms with E-state index < -0.39 is 17.9 Å². The lowest BCUT2D eigenvalue weighted by atomic mass is 10.1. The maximum atomic E-state index is 12.4. The Labute approximate surface area is 149 Å². The first-order valence-electron chi connectivity index (χ1n) is 7.33. The van der Waals surface area contributed by atoms with Gasteiger partial charge in [0.1, 0.15) is 11.2 Å². The molecule has 7 heteroatoms. The highest BCUT2D eigenvalue weighted by Crippen LogP contribution is 2.19. The third-order valence-electron chi connectivity index (χ3n) is 3.22. The number of rotatable bonds is 6. The number of carbonyl (C=O) groups is 2. The summed E-state index contributed by atoms with van der Waals surface area (Å²) in [7, 11) is 0. The van der Waals surface area contributed by atoms with Gasteiger partial charge in [-0.2, -0.15) is 0 Å². The van der Waals surface area contributed by atoms with Crippen LogP contribution in [0, 0.1) is 0 Å². The Balaban J connectivity index is 2.15. The van der Waals surface area contributed by atoms with Gasteiger partial charge in [-0.25, -0.2) is 9.78 Å². The molecule has 0 aliphatic carbocycles. The number of carbonyl (C=O) groups excluding carboxylic acids is 2. The molecule has 1 aromatic heterocycles. The Morgan fingerprint density at radius 2 is 1.96 bits per heavy atom. The molecule has 126 valence electrons. The zero-order valence-corrected chi connectivity index (χ0v) is 14.5. The number of pyridine rings is 1. The van der Waals surface area contributed by atoms with E-state index in [1.165, 1.54) is 12.3 Å². The van der Waals surface area contributed by atoms with Crippen molar-refractivity contribution in [2.45, 2.75) is 19.4 Å². The van der Waals surface area contributed by atoms with Gasteiger partial charge in [-0.05, 0) is 18.6 Å². The van der Waals surface area contributed by atoms with E-state index >= 15 is 0 Å². The van der Waals surface area contributed by atoms with Crippen LogP contribution in [0.2, 0.25) is 10.2 Å². The van der Waals surface area contributed by atoms with Gasteiger partial charge in [-0.15, -0.1) is 0 Å². The molecule has 0 bridgehead atoms. The minimum Gasteiger partial charge on any atom is -0.464 e. The Morgan fingerprint density at radius 1 is 1.25 bits per heavy atom. The molecule has 0 saturated carbocycles. The number of ether oxygens (including phenoxy) is 1. The van der Waals surface area contributed by atoms with E-state index in [0.29, 0.717) is 6.42 Å². The van der Waals surface area contributed by atoms with Crippen molar-refractivity contribution in [3.05, 3.63) is 63.9 Å². The summed E-state index contributed by atoms with van der Waals surface area (Å²) in [5, 5.41) is 2.94. The van der Waals surface area contributed by atoms with Gasteiger partial charge in [0.2, 0.25) is 0 Å². The summed E-state index contributed by atoms with van der Waals surface area (Å²) in [6, 6.07) is 9.94. The number of hydrogen-bond acceptors (Lipinski definition) is 4. The van der Waals surface area contributed by atoms with Gasteiger partial charge in [0, 0.05) is 12.6 Å². The molecule has 1 amide bonds. The highest BCUT2D eigenvalue weighted by molar-refractivity contribution is 6.41. The fourth-order valence-corrected chi connectivity index (χ4v) is 2.34. The van der Waals surface area contributed by atoms with Crippen molar-refractivity contribution in [3.8, 4) is 0 Å². The molecule has 0 aliphatic heterocycles. The van der Waals surface area contributed by atoms with Crippen molar-refractivity contribution in [2.24, 2.45) is 0 Å². The highest BCUT2D eigenvalue weighted by Gasteiger charge is 2.23. The van der Waals surface area contributed by atoms with E-state index in [9.17, 15) is 9.59 Å². The first-order valence-corrected chi connectivity index (χ1v) is 8.09. The normalized spacial score (nSPS) is 11.6. The molecule has 5 nitrogen and oxygen atoms in total. The van der Waals surface area contributed by atoms with Gasteiger partial charge >= 0.3 is 5.97 Å². The molecule has 1 N–H and O–H groups in total. The van der Waals surface area contributed by atoms with Crippen LogP contribution < -0.4 is 5.32 Å². The minimum absolute atomic E-state index is 0.111. The average Bonchev–Trinajstić information content (AvgIpc) is 2.57. The third-order valence-corrected chi connectivity index (χ3v) is 3.90. The predicted octanol–water partition coefficient (Wildman–Crippen LogP) is 3.29. The van der Waals surface area contributed by atoms with Crippen LogP contribution in [0.3, 0.4) is 0 Å². The summed E-state index contributed by atoms with van der Waals surface area (Å²) in [6.45, 7) is 1.94. The first-order chi connectivity index (χ1) is 11.5. The van der Waals surface area contributed by atoms with Crippen molar-refractivity contribution in [3.63, 3.8) is 0 Å². The summed E-state index contributed by atoms with van der Waals surface area (Å²) < 4.78 is 5.04. The summed E-state index contributed by atoms with van der Waals surface area (Å²) in [4.78, 5) is 28.3. The first kappa shape index (κ1) is 18.2. The number of esters is 1. The average molecular weight is 367 g/mol. The second-order valence-corrected chi connectivity index (χ2v) is 5.73. The minimum atomic E-state index is -0.811. The van der Waals surface area contributed by atoms with Crippen molar-refractivity contribution in [1.82, 2.24) is 10.3 Å². The Bertz CT molecular complexity index is 723. The van der Waals surface area contributed by atoms with E-state index in [-0.39, 0.29) is 22.3 Å². The number of aromatic nitrogens is 1. The quantitative estimate of drug-likeness (QED) is 0.629. The molecule has 0 saturated heterocycles. The van der Waals surface area contributed by atoms with E-state index in [1.807, 2.05) is 30.3 Å². The number of hydrogen-bond donors (Lipinski definition) is 1. The molecule has 0 radical (unpaired) electrons. The fourth-order valence-electron chi connectivity index (χ4n) is 2.07. The predicted molar refractivity (Wildman–Crippen MR) is 92.3 cm³/mol. The molecule has 2 aromatic rings. The topological polar surface area (TPSA) is 68.3 Å². The van der Waals surface area contributed by atoms with E-state index in [0.717, 1.165) is 5.56 Å². The molecule has 0 spiro atoms. The standard InChI is InChI=1S/C17H16Cl2N2O3/c1-2-24-17(23)14(8-11-6-4-3-5-7-11)21-16(22)12-9-13(18)15(19)20-10-12/h3-7,9-10,14H,2,8H2,1H3,(H,21,22). The molecule has 0 fully saturated rings. The SMILES string of the molecule is CCOC(=O)C(Cc1ccccc1)NC(=O)c1cnc(Cl)c(Cl)c1. The van der Waals surface area contributed by atoms with Crippen LogP contribution in [-0.4, -0.2) is 29.5 Å². The van der Waals surface area contributed by atoms with Crippen molar-refractivity contribution in [1.29, 1.82) is 0 Å². The van der Waals surface area contributed by atoms with Crippen LogP contribution in [0.4, 0.5) is 0 Å². The third kappa shape index (κ3) is 4.94. The monoisotopic (exact) mass is 366 g/mol. The van der Waals surface area contributed by atoms with Gasteiger partial charge in [0.15, 0.2) is 0 Å². The summed E-state index contributed by atoms with van der Waals surface area (Å²) in [5.74, 6) is -0.974. The fraction of sp³-hybridized carbons (Fsp3) is 0.235. The van der Waals surface area contributed by atoms with Gasteiger partial charge in [0.25, 0.3) is 5.91 Å². The number of nitrogens with one attached hydrogen (secondary N) is 1. The summed E-state index contributed by atoms with van der Waals surface area (Å²) in [5.41, 5.74) is 1.12. The second kappa shape index (κ2) is 8.66. The lowest BCUT2D eigenvalue weighted by Crippen LogP contribution is -2.43. The van der Waals surface area contributed by atoms with E-state index in [1.54, 1.807) is 6.92 Å². The molecule has 1 aromatic carbocycles. The van der Waals surface area contributed by atoms with Gasteiger partial charge in [-0.3, -0.25) is 4.79 Å². The van der Waals surface area contributed by atoms with Gasteiger partial charge in [0.05, 0.1) is 17.2 Å². The number of benzene rings is 1. The molecule has 24 heavy (non-hydrogen) atoms. The molecule has 1 heterocycles. The van der Waals surface area contributed by atoms with Crippen molar-refractivity contribution < 1.29 is 14.3 Å².